The summed E-state index contributed by atoms with van der Waals surface area (Å²) in [5.74, 6) is -0.807. The minimum atomic E-state index is -0.474. The Morgan fingerprint density at radius 1 is 1.69 bits per heavy atom. The van der Waals surface area contributed by atoms with Crippen molar-refractivity contribution in [1.82, 2.24) is 4.90 Å². The van der Waals surface area contributed by atoms with Gasteiger partial charge in [0.25, 0.3) is 0 Å². The summed E-state index contributed by atoms with van der Waals surface area (Å²) in [6, 6.07) is -0.474. The van der Waals surface area contributed by atoms with E-state index in [9.17, 15) is 9.59 Å². The normalized spacial score (nSPS) is 23.8. The topological polar surface area (TPSA) is 81.9 Å². The van der Waals surface area contributed by atoms with Gasteiger partial charge in [-0.25, -0.2) is 0 Å². The summed E-state index contributed by atoms with van der Waals surface area (Å²) < 4.78 is 9.76. The smallest absolute Gasteiger partial charge is 0.320 e. The summed E-state index contributed by atoms with van der Waals surface area (Å²) in [7, 11) is 1.32. The lowest BCUT2D eigenvalue weighted by molar-refractivity contribution is -0.141. The minimum Gasteiger partial charge on any atom is -0.468 e. The van der Waals surface area contributed by atoms with E-state index in [0.717, 1.165) is 0 Å². The van der Waals surface area contributed by atoms with Crippen LogP contribution in [0.15, 0.2) is 0 Å². The molecule has 2 unspecified atom stereocenters. The van der Waals surface area contributed by atoms with Crippen molar-refractivity contribution in [3.63, 3.8) is 0 Å². The van der Waals surface area contributed by atoms with Crippen molar-refractivity contribution in [2.75, 3.05) is 33.4 Å². The van der Waals surface area contributed by atoms with Gasteiger partial charge in [0.1, 0.15) is 10.9 Å². The Hall–Kier alpha value is -0.660. The van der Waals surface area contributed by atoms with E-state index >= 15 is 0 Å². The van der Waals surface area contributed by atoms with Crippen molar-refractivity contribution in [2.24, 2.45) is 5.73 Å². The zero-order chi connectivity index (χ0) is 12.1. The molecule has 0 radical (unpaired) electrons. The molecule has 1 aliphatic rings. The van der Waals surface area contributed by atoms with E-state index in [2.05, 4.69) is 20.7 Å². The highest BCUT2D eigenvalue weighted by atomic mass is 79.9. The van der Waals surface area contributed by atoms with Gasteiger partial charge in [0, 0.05) is 13.1 Å². The third kappa shape index (κ3) is 3.43. The number of hydrogen-bond donors (Lipinski definition) is 1. The van der Waals surface area contributed by atoms with Crippen LogP contribution in [0.4, 0.5) is 0 Å². The molecule has 2 N–H and O–H groups in total. The van der Waals surface area contributed by atoms with Crippen LogP contribution < -0.4 is 5.73 Å². The molecule has 1 amide bonds. The van der Waals surface area contributed by atoms with Gasteiger partial charge in [0.05, 0.1) is 20.3 Å². The first kappa shape index (κ1) is 13.4. The number of carbonyl (C=O) groups excluding carboxylic acids is 2. The number of esters is 1. The first-order valence-corrected chi connectivity index (χ1v) is 5.81. The summed E-state index contributed by atoms with van der Waals surface area (Å²) in [4.78, 5) is 23.7. The lowest BCUT2D eigenvalue weighted by Gasteiger charge is -2.34. The van der Waals surface area contributed by atoms with Crippen LogP contribution >= 0.6 is 15.9 Å². The van der Waals surface area contributed by atoms with E-state index in [1.807, 2.05) is 4.90 Å². The van der Waals surface area contributed by atoms with Gasteiger partial charge < -0.3 is 15.2 Å². The van der Waals surface area contributed by atoms with E-state index in [-0.39, 0.29) is 12.6 Å². The number of rotatable bonds is 4. The third-order valence-corrected chi connectivity index (χ3v) is 3.08. The molecule has 1 fully saturated rings. The summed E-state index contributed by atoms with van der Waals surface area (Å²) in [6.07, 6.45) is 0. The zero-order valence-electron chi connectivity index (χ0n) is 9.02. The maximum absolute atomic E-state index is 11.2. The lowest BCUT2D eigenvalue weighted by Crippen LogP contribution is -2.54. The molecule has 0 aromatic heterocycles. The van der Waals surface area contributed by atoms with E-state index < -0.39 is 16.8 Å². The summed E-state index contributed by atoms with van der Waals surface area (Å²) in [5, 5.41) is 0. The molecule has 0 spiro atoms. The molecule has 2 atom stereocenters. The first-order chi connectivity index (χ1) is 7.56. The number of morpholine rings is 1. The highest BCUT2D eigenvalue weighted by Crippen LogP contribution is 2.11. The van der Waals surface area contributed by atoms with Gasteiger partial charge in [-0.05, 0) is 0 Å². The Morgan fingerprint density at radius 3 is 2.94 bits per heavy atom. The number of halogens is 1. The molecule has 1 aliphatic heterocycles. The Labute approximate surface area is 102 Å². The molecule has 0 aromatic rings. The fourth-order valence-electron chi connectivity index (χ4n) is 1.53. The lowest BCUT2D eigenvalue weighted by atomic mass is 10.2. The molecule has 0 saturated carbocycles. The van der Waals surface area contributed by atoms with Gasteiger partial charge in [-0.3, -0.25) is 14.5 Å². The van der Waals surface area contributed by atoms with Gasteiger partial charge >= 0.3 is 5.97 Å². The molecule has 0 aromatic carbocycles. The standard InChI is InChI=1S/C9H15BrN2O4/c1-15-9(14)6(10)4-12-2-3-16-5-7(12)8(11)13/h6-7H,2-5H2,1H3,(H2,11,13). The van der Waals surface area contributed by atoms with Crippen LogP contribution in [-0.4, -0.2) is 61.1 Å². The number of nitrogens with two attached hydrogens (primary N) is 1. The maximum Gasteiger partial charge on any atom is 0.320 e. The van der Waals surface area contributed by atoms with Crippen LogP contribution in [0.1, 0.15) is 0 Å². The van der Waals surface area contributed by atoms with Crippen molar-refractivity contribution in [1.29, 1.82) is 0 Å². The van der Waals surface area contributed by atoms with Crippen molar-refractivity contribution in [3.8, 4) is 0 Å². The Kier molecular flexibility index (Phi) is 5.17. The monoisotopic (exact) mass is 294 g/mol. The van der Waals surface area contributed by atoms with Crippen molar-refractivity contribution < 1.29 is 19.1 Å². The van der Waals surface area contributed by atoms with Crippen molar-refractivity contribution in [2.45, 2.75) is 10.9 Å². The Morgan fingerprint density at radius 2 is 2.38 bits per heavy atom. The van der Waals surface area contributed by atoms with Gasteiger partial charge in [-0.2, -0.15) is 0 Å². The quantitative estimate of drug-likeness (QED) is 0.537. The zero-order valence-corrected chi connectivity index (χ0v) is 10.6. The summed E-state index contributed by atoms with van der Waals surface area (Å²) in [5.41, 5.74) is 5.25. The maximum atomic E-state index is 11.2. The predicted molar refractivity (Wildman–Crippen MR) is 60.1 cm³/mol. The van der Waals surface area contributed by atoms with E-state index in [1.165, 1.54) is 7.11 Å². The van der Waals surface area contributed by atoms with Gasteiger partial charge in [0.2, 0.25) is 5.91 Å². The number of carbonyl (C=O) groups is 2. The van der Waals surface area contributed by atoms with E-state index in [4.69, 9.17) is 10.5 Å². The molecule has 6 nitrogen and oxygen atoms in total. The van der Waals surface area contributed by atoms with Gasteiger partial charge in [-0.15, -0.1) is 0 Å². The average molecular weight is 295 g/mol. The van der Waals surface area contributed by atoms with Crippen LogP contribution in [-0.2, 0) is 19.1 Å². The van der Waals surface area contributed by atoms with Crippen LogP contribution in [0.2, 0.25) is 0 Å². The van der Waals surface area contributed by atoms with Gasteiger partial charge in [0.15, 0.2) is 0 Å². The number of amides is 1. The molecule has 7 heteroatoms. The fourth-order valence-corrected chi connectivity index (χ4v) is 2.09. The summed E-state index contributed by atoms with van der Waals surface area (Å²) >= 11 is 3.21. The van der Waals surface area contributed by atoms with Crippen LogP contribution in [0.25, 0.3) is 0 Å². The Bertz CT molecular complexity index is 274. The third-order valence-electron chi connectivity index (χ3n) is 2.42. The molecule has 0 bridgehead atoms. The molecular formula is C9H15BrN2O4. The number of alkyl halides is 1. The summed E-state index contributed by atoms with van der Waals surface area (Å²) in [6.45, 7) is 1.76. The highest BCUT2D eigenvalue weighted by molar-refractivity contribution is 9.10. The number of ether oxygens (including phenoxy) is 2. The predicted octanol–water partition coefficient (Wildman–Crippen LogP) is -0.891. The van der Waals surface area contributed by atoms with Crippen LogP contribution in [0.3, 0.4) is 0 Å². The van der Waals surface area contributed by atoms with Crippen LogP contribution in [0.5, 0.6) is 0 Å². The highest BCUT2D eigenvalue weighted by Gasteiger charge is 2.30. The number of primary amides is 1. The molecule has 1 rings (SSSR count). The molecular weight excluding hydrogens is 280 g/mol. The number of hydrogen-bond acceptors (Lipinski definition) is 5. The van der Waals surface area contributed by atoms with Gasteiger partial charge in [-0.1, -0.05) is 15.9 Å². The van der Waals surface area contributed by atoms with E-state index in [1.54, 1.807) is 0 Å². The number of nitrogens with zero attached hydrogens (tertiary/aromatic N) is 1. The molecule has 1 heterocycles. The second kappa shape index (κ2) is 6.17. The molecule has 0 aliphatic carbocycles. The molecule has 92 valence electrons. The van der Waals surface area contributed by atoms with Crippen LogP contribution in [0, 0.1) is 0 Å². The second-order valence-electron chi connectivity index (χ2n) is 3.48. The average Bonchev–Trinajstić information content (AvgIpc) is 2.28. The SMILES string of the molecule is COC(=O)C(Br)CN1CCOCC1C(N)=O. The molecule has 16 heavy (non-hydrogen) atoms. The Balaban J connectivity index is 2.55. The van der Waals surface area contributed by atoms with E-state index in [0.29, 0.717) is 19.7 Å². The molecule has 1 saturated heterocycles. The van der Waals surface area contributed by atoms with Crippen molar-refractivity contribution >= 4 is 27.8 Å². The van der Waals surface area contributed by atoms with Crippen molar-refractivity contribution in [3.05, 3.63) is 0 Å². The number of methoxy groups -OCH3 is 1. The fraction of sp³-hybridized carbons (Fsp3) is 0.778. The first-order valence-electron chi connectivity index (χ1n) is 4.89. The largest absolute Gasteiger partial charge is 0.468 e. The second-order valence-corrected chi connectivity index (χ2v) is 4.58. The minimum absolute atomic E-state index is 0.274.